The van der Waals surface area contributed by atoms with Gasteiger partial charge in [0.15, 0.2) is 0 Å². The van der Waals surface area contributed by atoms with E-state index in [0.717, 1.165) is 11.3 Å². The van der Waals surface area contributed by atoms with Crippen LogP contribution in [0.2, 0.25) is 0 Å². The number of rotatable bonds is 6. The van der Waals surface area contributed by atoms with Crippen LogP contribution in [-0.4, -0.2) is 22.9 Å². The molecule has 6 heteroatoms. The first-order valence-electron chi connectivity index (χ1n) is 6.08. The second-order valence-electron chi connectivity index (χ2n) is 5.23. The van der Waals surface area contributed by atoms with E-state index in [2.05, 4.69) is 0 Å². The van der Waals surface area contributed by atoms with Gasteiger partial charge in [0, 0.05) is 5.41 Å². The number of hydrogen-bond acceptors (Lipinski definition) is 2. The van der Waals surface area contributed by atoms with Gasteiger partial charge in [-0.1, -0.05) is 60.8 Å². The lowest BCUT2D eigenvalue weighted by molar-refractivity contribution is 0.0495. The molecule has 20 heavy (non-hydrogen) atoms. The van der Waals surface area contributed by atoms with Gasteiger partial charge in [0.05, 0.1) is 25.7 Å². The first-order chi connectivity index (χ1) is 9.16. The minimum atomic E-state index is -1.52. The minimum Gasteiger partial charge on any atom is -0.497 e. The minimum absolute atomic E-state index is 0.390. The zero-order valence-corrected chi connectivity index (χ0v) is 14.7. The van der Waals surface area contributed by atoms with Crippen LogP contribution in [0.4, 0.5) is 0 Å². The van der Waals surface area contributed by atoms with Crippen molar-refractivity contribution < 1.29 is 9.47 Å². The van der Waals surface area contributed by atoms with Crippen LogP contribution < -0.4 is 4.74 Å². The summed E-state index contributed by atoms with van der Waals surface area (Å²) in [6, 6.07) is 7.66. The molecule has 0 amide bonds. The van der Waals surface area contributed by atoms with Crippen LogP contribution in [-0.2, 0) is 11.3 Å². The van der Waals surface area contributed by atoms with Gasteiger partial charge in [0.2, 0.25) is 3.79 Å². The van der Waals surface area contributed by atoms with E-state index >= 15 is 0 Å². The standard InChI is InChI=1S/C14H18Cl4O2/c1-13(2,12(15)14(16,17)18)9-20-8-10-4-6-11(19-3)7-5-10/h4-7,12H,8-9H2,1-3H3. The molecular formula is C14H18Cl4O2. The lowest BCUT2D eigenvalue weighted by atomic mass is 9.90. The lowest BCUT2D eigenvalue weighted by Gasteiger charge is -2.33. The molecule has 1 atom stereocenters. The maximum absolute atomic E-state index is 6.18. The number of methoxy groups -OCH3 is 1. The number of ether oxygens (including phenoxy) is 2. The highest BCUT2D eigenvalue weighted by atomic mass is 35.6. The molecule has 0 N–H and O–H groups in total. The Morgan fingerprint density at radius 3 is 2.10 bits per heavy atom. The number of halogens is 4. The third-order valence-corrected chi connectivity index (χ3v) is 4.78. The maximum Gasteiger partial charge on any atom is 0.207 e. The summed E-state index contributed by atoms with van der Waals surface area (Å²) in [6.07, 6.45) is 0. The van der Waals surface area contributed by atoms with Gasteiger partial charge in [-0.25, -0.2) is 0 Å². The first-order valence-corrected chi connectivity index (χ1v) is 7.65. The summed E-state index contributed by atoms with van der Waals surface area (Å²) in [4.78, 5) is 0. The van der Waals surface area contributed by atoms with Crippen molar-refractivity contribution in [1.29, 1.82) is 0 Å². The zero-order chi connectivity index (χ0) is 15.4. The summed E-state index contributed by atoms with van der Waals surface area (Å²) < 4.78 is 9.25. The smallest absolute Gasteiger partial charge is 0.207 e. The van der Waals surface area contributed by atoms with Crippen LogP contribution in [0, 0.1) is 5.41 Å². The Labute approximate surface area is 140 Å². The highest BCUT2D eigenvalue weighted by molar-refractivity contribution is 6.70. The van der Waals surface area contributed by atoms with E-state index in [1.807, 2.05) is 38.1 Å². The molecule has 0 saturated carbocycles. The van der Waals surface area contributed by atoms with E-state index in [0.29, 0.717) is 13.2 Å². The fourth-order valence-corrected chi connectivity index (χ4v) is 2.62. The molecule has 1 aromatic rings. The van der Waals surface area contributed by atoms with E-state index in [4.69, 9.17) is 55.9 Å². The summed E-state index contributed by atoms with van der Waals surface area (Å²) in [7, 11) is 1.63. The van der Waals surface area contributed by atoms with Crippen molar-refractivity contribution in [2.24, 2.45) is 5.41 Å². The quantitative estimate of drug-likeness (QED) is 0.648. The topological polar surface area (TPSA) is 18.5 Å². The average molecular weight is 360 g/mol. The van der Waals surface area contributed by atoms with Crippen LogP contribution in [0.1, 0.15) is 19.4 Å². The van der Waals surface area contributed by atoms with Crippen molar-refractivity contribution in [3.8, 4) is 5.75 Å². The number of benzene rings is 1. The monoisotopic (exact) mass is 358 g/mol. The third kappa shape index (κ3) is 5.50. The summed E-state index contributed by atoms with van der Waals surface area (Å²) in [5.41, 5.74) is 0.584. The maximum atomic E-state index is 6.18. The predicted molar refractivity (Wildman–Crippen MR) is 86.4 cm³/mol. The Bertz CT molecular complexity index is 412. The normalized spacial score (nSPS) is 14.2. The molecule has 0 spiro atoms. The summed E-state index contributed by atoms with van der Waals surface area (Å²) in [6.45, 7) is 4.67. The van der Waals surface area contributed by atoms with E-state index in [1.165, 1.54) is 0 Å². The van der Waals surface area contributed by atoms with Gasteiger partial charge >= 0.3 is 0 Å². The molecule has 2 nitrogen and oxygen atoms in total. The van der Waals surface area contributed by atoms with Crippen LogP contribution in [0.25, 0.3) is 0 Å². The largest absolute Gasteiger partial charge is 0.497 e. The predicted octanol–water partition coefficient (Wildman–Crippen LogP) is 5.22. The Kier molecular flexibility index (Phi) is 6.75. The third-order valence-electron chi connectivity index (χ3n) is 2.88. The summed E-state index contributed by atoms with van der Waals surface area (Å²) in [5, 5.41) is -0.643. The average Bonchev–Trinajstić information content (AvgIpc) is 2.37. The van der Waals surface area contributed by atoms with E-state index in [-0.39, 0.29) is 0 Å². The molecule has 0 aliphatic carbocycles. The van der Waals surface area contributed by atoms with E-state index < -0.39 is 14.6 Å². The number of alkyl halides is 4. The Morgan fingerprint density at radius 2 is 1.65 bits per heavy atom. The Hall–Kier alpha value is 0.140. The van der Waals surface area contributed by atoms with Crippen molar-refractivity contribution in [2.45, 2.75) is 29.6 Å². The van der Waals surface area contributed by atoms with Crippen LogP contribution in [0.5, 0.6) is 5.75 Å². The molecular weight excluding hydrogens is 342 g/mol. The molecule has 1 rings (SSSR count). The fraction of sp³-hybridized carbons (Fsp3) is 0.571. The molecule has 0 aliphatic rings. The van der Waals surface area contributed by atoms with Crippen molar-refractivity contribution in [3.05, 3.63) is 29.8 Å². The Morgan fingerprint density at radius 1 is 1.10 bits per heavy atom. The van der Waals surface area contributed by atoms with Gasteiger partial charge in [-0.2, -0.15) is 0 Å². The molecule has 0 bridgehead atoms. The fourth-order valence-electron chi connectivity index (χ4n) is 1.67. The lowest BCUT2D eigenvalue weighted by Crippen LogP contribution is -2.38. The van der Waals surface area contributed by atoms with Crippen molar-refractivity contribution in [3.63, 3.8) is 0 Å². The molecule has 0 aromatic heterocycles. The van der Waals surface area contributed by atoms with Gasteiger partial charge in [-0.3, -0.25) is 0 Å². The molecule has 1 unspecified atom stereocenters. The highest BCUT2D eigenvalue weighted by Crippen LogP contribution is 2.43. The van der Waals surface area contributed by atoms with Gasteiger partial charge in [-0.15, -0.1) is 11.6 Å². The van der Waals surface area contributed by atoms with Crippen LogP contribution in [0.3, 0.4) is 0 Å². The molecule has 0 fully saturated rings. The first kappa shape index (κ1) is 18.2. The summed E-state index contributed by atoms with van der Waals surface area (Å²) in [5.74, 6) is 0.811. The molecule has 0 heterocycles. The second kappa shape index (κ2) is 7.42. The molecule has 0 aliphatic heterocycles. The summed E-state index contributed by atoms with van der Waals surface area (Å²) >= 11 is 23.7. The van der Waals surface area contributed by atoms with Gasteiger partial charge in [0.25, 0.3) is 0 Å². The molecule has 0 radical (unpaired) electrons. The number of hydrogen-bond donors (Lipinski definition) is 0. The van der Waals surface area contributed by atoms with Crippen LogP contribution >= 0.6 is 46.4 Å². The van der Waals surface area contributed by atoms with E-state index in [9.17, 15) is 0 Å². The van der Waals surface area contributed by atoms with Gasteiger partial charge in [0.1, 0.15) is 5.75 Å². The van der Waals surface area contributed by atoms with Gasteiger partial charge in [-0.05, 0) is 17.7 Å². The van der Waals surface area contributed by atoms with E-state index in [1.54, 1.807) is 7.11 Å². The Balaban J connectivity index is 2.50. The highest BCUT2D eigenvalue weighted by Gasteiger charge is 2.42. The molecule has 1 aromatic carbocycles. The molecule has 0 saturated heterocycles. The van der Waals surface area contributed by atoms with Crippen molar-refractivity contribution in [1.82, 2.24) is 0 Å². The van der Waals surface area contributed by atoms with Crippen molar-refractivity contribution in [2.75, 3.05) is 13.7 Å². The SMILES string of the molecule is COc1ccc(COCC(C)(C)C(Cl)C(Cl)(Cl)Cl)cc1. The molecule has 114 valence electrons. The van der Waals surface area contributed by atoms with Crippen LogP contribution in [0.15, 0.2) is 24.3 Å². The second-order valence-corrected chi connectivity index (χ2v) is 8.04. The van der Waals surface area contributed by atoms with Crippen molar-refractivity contribution >= 4 is 46.4 Å². The van der Waals surface area contributed by atoms with Gasteiger partial charge < -0.3 is 9.47 Å². The zero-order valence-electron chi connectivity index (χ0n) is 11.6.